The van der Waals surface area contributed by atoms with Gasteiger partial charge in [0.05, 0.1) is 55.5 Å². The molecule has 340 valence electrons. The van der Waals surface area contributed by atoms with E-state index < -0.39 is 60.1 Å². The number of aromatic nitrogens is 3. The molecule has 6 N–H and O–H groups in total. The first-order valence-electron chi connectivity index (χ1n) is 18.9. The van der Waals surface area contributed by atoms with Crippen LogP contribution in [0.2, 0.25) is 0 Å². The zero-order valence-corrected chi connectivity index (χ0v) is 36.7. The summed E-state index contributed by atoms with van der Waals surface area (Å²) in [7, 11) is -18.7. The second-order valence-electron chi connectivity index (χ2n) is 14.2. The van der Waals surface area contributed by atoms with Gasteiger partial charge in [0.25, 0.3) is 40.5 Å². The molecule has 0 bridgehead atoms. The third kappa shape index (κ3) is 10.8. The highest BCUT2D eigenvalue weighted by molar-refractivity contribution is 7.86. The van der Waals surface area contributed by atoms with Gasteiger partial charge in [-0.25, -0.2) is 0 Å². The second kappa shape index (κ2) is 17.8. The molecule has 1 aliphatic heterocycles. The SMILES string of the molecule is O=S(=O)(O)c1ccc2c(N=Nc3ccc(Nc4nc(Nc5ccc(N=Nc6cc(S(=O)(=O)O)cc7cc(S(=O)(=O)O)ccc67)cc5)nc(N5CCOCC5)n4)cc3)cc(S(=O)(=O)O)cc2c1. The molecule has 0 saturated carbocycles. The Balaban J connectivity index is 1.02. The summed E-state index contributed by atoms with van der Waals surface area (Å²) >= 11 is 0. The van der Waals surface area contributed by atoms with Crippen molar-refractivity contribution in [2.45, 2.75) is 19.6 Å². The summed E-state index contributed by atoms with van der Waals surface area (Å²) in [4.78, 5) is 13.6. The van der Waals surface area contributed by atoms with Crippen LogP contribution in [0.3, 0.4) is 0 Å². The number of fused-ring (bicyclic) bond motifs is 2. The molecule has 27 heteroatoms. The summed E-state index contributed by atoms with van der Waals surface area (Å²) in [5.74, 6) is 0.671. The van der Waals surface area contributed by atoms with E-state index in [9.17, 15) is 51.9 Å². The Labute approximate surface area is 375 Å². The van der Waals surface area contributed by atoms with Crippen LogP contribution in [0.1, 0.15) is 0 Å². The molecule has 1 aliphatic rings. The number of azo groups is 2. The van der Waals surface area contributed by atoms with Gasteiger partial charge in [-0.3, -0.25) is 18.2 Å². The van der Waals surface area contributed by atoms with Crippen molar-refractivity contribution in [3.63, 3.8) is 0 Å². The molecule has 0 radical (unpaired) electrons. The summed E-state index contributed by atoms with van der Waals surface area (Å²) in [5, 5.41) is 23.6. The van der Waals surface area contributed by atoms with Crippen LogP contribution in [0, 0.1) is 0 Å². The van der Waals surface area contributed by atoms with E-state index in [1.54, 1.807) is 48.5 Å². The number of ether oxygens (including phenoxy) is 1. The van der Waals surface area contributed by atoms with Gasteiger partial charge in [-0.15, -0.1) is 10.2 Å². The van der Waals surface area contributed by atoms with Crippen molar-refractivity contribution < 1.29 is 56.6 Å². The molecule has 0 aliphatic carbocycles. The maximum atomic E-state index is 12.0. The normalized spacial score (nSPS) is 14.1. The molecule has 1 saturated heterocycles. The van der Waals surface area contributed by atoms with E-state index in [2.05, 4.69) is 46.0 Å². The van der Waals surface area contributed by atoms with Gasteiger partial charge in [-0.2, -0.15) is 58.9 Å². The smallest absolute Gasteiger partial charge is 0.294 e. The first-order valence-corrected chi connectivity index (χ1v) is 24.6. The van der Waals surface area contributed by atoms with E-state index in [0.717, 1.165) is 48.5 Å². The molecule has 7 aromatic rings. The maximum Gasteiger partial charge on any atom is 0.294 e. The Morgan fingerprint density at radius 3 is 1.23 bits per heavy atom. The topological polar surface area (TPSA) is 342 Å². The fraction of sp³-hybridized carbons (Fsp3) is 0.103. The first-order chi connectivity index (χ1) is 31.2. The monoisotopic (exact) mass is 976 g/mol. The van der Waals surface area contributed by atoms with Gasteiger partial charge in [-0.1, -0.05) is 12.1 Å². The molecular weight excluding hydrogens is 945 g/mol. The highest BCUT2D eigenvalue weighted by atomic mass is 32.2. The maximum absolute atomic E-state index is 12.0. The average Bonchev–Trinajstić information content (AvgIpc) is 3.26. The summed E-state index contributed by atoms with van der Waals surface area (Å²) in [6, 6.07) is 24.1. The van der Waals surface area contributed by atoms with E-state index in [1.807, 2.05) is 4.90 Å². The van der Waals surface area contributed by atoms with Crippen LogP contribution in [0.15, 0.2) is 149 Å². The predicted octanol–water partition coefficient (Wildman–Crippen LogP) is 7.32. The number of hydrogen-bond donors (Lipinski definition) is 6. The Bertz CT molecular complexity index is 3340. The molecule has 0 amide bonds. The van der Waals surface area contributed by atoms with Gasteiger partial charge in [-0.05, 0) is 108 Å². The minimum atomic E-state index is -4.74. The number of hydrogen-bond acceptors (Lipinski definition) is 19. The largest absolute Gasteiger partial charge is 0.378 e. The van der Waals surface area contributed by atoms with Crippen molar-refractivity contribution in [2.24, 2.45) is 20.5 Å². The van der Waals surface area contributed by atoms with Crippen molar-refractivity contribution >= 4 is 114 Å². The van der Waals surface area contributed by atoms with Gasteiger partial charge in [0, 0.05) is 35.2 Å². The average molecular weight is 977 g/mol. The second-order valence-corrected chi connectivity index (χ2v) is 19.9. The number of benzene rings is 6. The molecule has 8 rings (SSSR count). The molecule has 0 unspecified atom stereocenters. The van der Waals surface area contributed by atoms with E-state index in [4.69, 9.17) is 4.74 Å². The van der Waals surface area contributed by atoms with Gasteiger partial charge in [0.1, 0.15) is 0 Å². The Morgan fingerprint density at radius 1 is 0.470 bits per heavy atom. The Kier molecular flexibility index (Phi) is 12.3. The fourth-order valence-corrected chi connectivity index (χ4v) is 8.58. The predicted molar refractivity (Wildman–Crippen MR) is 238 cm³/mol. The summed E-state index contributed by atoms with van der Waals surface area (Å²) < 4.78 is 139. The quantitative estimate of drug-likeness (QED) is 0.0486. The summed E-state index contributed by atoms with van der Waals surface area (Å²) in [6.45, 7) is 1.92. The van der Waals surface area contributed by atoms with Crippen LogP contribution in [0.5, 0.6) is 0 Å². The number of morpholine rings is 1. The third-order valence-corrected chi connectivity index (χ3v) is 13.0. The van der Waals surface area contributed by atoms with Gasteiger partial charge in [0.2, 0.25) is 17.8 Å². The molecular formula is C39H32N10O13S4. The molecule has 2 heterocycles. The fourth-order valence-electron chi connectivity index (χ4n) is 6.47. The zero-order chi connectivity index (χ0) is 47.0. The lowest BCUT2D eigenvalue weighted by Gasteiger charge is -2.27. The lowest BCUT2D eigenvalue weighted by atomic mass is 10.1. The molecule has 0 spiro atoms. The molecule has 1 aromatic heterocycles. The van der Waals surface area contributed by atoms with Crippen molar-refractivity contribution in [1.29, 1.82) is 0 Å². The molecule has 0 atom stereocenters. The highest BCUT2D eigenvalue weighted by Gasteiger charge is 2.20. The van der Waals surface area contributed by atoms with Gasteiger partial charge in [0.15, 0.2) is 0 Å². The minimum absolute atomic E-state index is 0.0111. The van der Waals surface area contributed by atoms with Gasteiger partial charge >= 0.3 is 0 Å². The highest BCUT2D eigenvalue weighted by Crippen LogP contribution is 2.35. The summed E-state index contributed by atoms with van der Waals surface area (Å²) in [5.41, 5.74) is 1.68. The van der Waals surface area contributed by atoms with Crippen LogP contribution >= 0.6 is 0 Å². The minimum Gasteiger partial charge on any atom is -0.378 e. The zero-order valence-electron chi connectivity index (χ0n) is 33.4. The van der Waals surface area contributed by atoms with E-state index in [-0.39, 0.29) is 44.8 Å². The van der Waals surface area contributed by atoms with Crippen LogP contribution in [0.4, 0.5) is 52.0 Å². The third-order valence-electron chi connectivity index (χ3n) is 9.65. The summed E-state index contributed by atoms with van der Waals surface area (Å²) in [6.07, 6.45) is 0. The molecule has 23 nitrogen and oxygen atoms in total. The lowest BCUT2D eigenvalue weighted by Crippen LogP contribution is -2.37. The van der Waals surface area contributed by atoms with E-state index in [0.29, 0.717) is 55.0 Å². The van der Waals surface area contributed by atoms with Crippen molar-refractivity contribution in [3.05, 3.63) is 109 Å². The van der Waals surface area contributed by atoms with Crippen molar-refractivity contribution in [1.82, 2.24) is 15.0 Å². The van der Waals surface area contributed by atoms with Crippen molar-refractivity contribution in [3.8, 4) is 0 Å². The molecule has 66 heavy (non-hydrogen) atoms. The van der Waals surface area contributed by atoms with Crippen LogP contribution in [-0.2, 0) is 45.2 Å². The van der Waals surface area contributed by atoms with Crippen molar-refractivity contribution in [2.75, 3.05) is 41.8 Å². The van der Waals surface area contributed by atoms with E-state index >= 15 is 0 Å². The molecule has 1 fully saturated rings. The van der Waals surface area contributed by atoms with Crippen LogP contribution < -0.4 is 15.5 Å². The number of rotatable bonds is 13. The standard InChI is InChI=1S/C39H32N10O13S4/c50-63(51,52)29-9-11-33-23(17-29)19-31(65(56,57)58)21-35(33)47-45-27-5-1-25(2-6-27)40-37-42-38(44-39(43-37)49-13-15-62-16-14-49)41-26-3-7-28(8-4-26)46-48-36-22-32(66(59,60)61)20-24-18-30(64(53,54)55)10-12-34(24)36/h1-12,17-22H,13-16H2,(H,50,51,52)(H,53,54,55)(H,56,57,58)(H,59,60,61)(H2,40,41,42,43,44). The lowest BCUT2D eigenvalue weighted by molar-refractivity contribution is 0.122. The van der Waals surface area contributed by atoms with E-state index in [1.165, 1.54) is 12.1 Å². The molecule has 6 aromatic carbocycles. The number of nitrogens with zero attached hydrogens (tertiary/aromatic N) is 8. The Hall–Kier alpha value is -6.95. The van der Waals surface area contributed by atoms with Crippen LogP contribution in [-0.4, -0.2) is 93.1 Å². The number of nitrogens with one attached hydrogen (secondary N) is 2. The first kappa shape index (κ1) is 45.6. The van der Waals surface area contributed by atoms with Crippen LogP contribution in [0.25, 0.3) is 21.5 Å². The van der Waals surface area contributed by atoms with Gasteiger partial charge < -0.3 is 20.3 Å². The Morgan fingerprint density at radius 2 is 0.848 bits per heavy atom. The number of anilines is 5.